The number of rotatable bonds is 4. The van der Waals surface area contributed by atoms with E-state index < -0.39 is 0 Å². The summed E-state index contributed by atoms with van der Waals surface area (Å²) >= 11 is 0. The van der Waals surface area contributed by atoms with Gasteiger partial charge in [-0.2, -0.15) is 0 Å². The summed E-state index contributed by atoms with van der Waals surface area (Å²) in [6.45, 7) is 4.19. The first-order valence-corrected chi connectivity index (χ1v) is 10.5. The molecule has 2 aromatic rings. The third kappa shape index (κ3) is 4.91. The number of urea groups is 1. The highest BCUT2D eigenvalue weighted by molar-refractivity contribution is 5.96. The molecule has 30 heavy (non-hydrogen) atoms. The van der Waals surface area contributed by atoms with Gasteiger partial charge in [-0.05, 0) is 37.1 Å². The molecule has 0 bridgehead atoms. The van der Waals surface area contributed by atoms with E-state index in [1.807, 2.05) is 54.6 Å². The molecule has 0 atom stereocenters. The zero-order valence-corrected chi connectivity index (χ0v) is 17.0. The normalized spacial score (nSPS) is 17.5. The van der Waals surface area contributed by atoms with Crippen molar-refractivity contribution in [3.63, 3.8) is 0 Å². The lowest BCUT2D eigenvalue weighted by molar-refractivity contribution is -0.121. The number of ether oxygens (including phenoxy) is 1. The number of anilines is 3. The summed E-state index contributed by atoms with van der Waals surface area (Å²) < 4.78 is 5.44. The maximum absolute atomic E-state index is 12.9. The van der Waals surface area contributed by atoms with Crippen LogP contribution in [0.1, 0.15) is 12.8 Å². The molecule has 0 radical (unpaired) electrons. The quantitative estimate of drug-likeness (QED) is 0.813. The minimum absolute atomic E-state index is 0.0267. The van der Waals surface area contributed by atoms with E-state index in [0.29, 0.717) is 39.1 Å². The van der Waals surface area contributed by atoms with Gasteiger partial charge in [0.1, 0.15) is 0 Å². The Morgan fingerprint density at radius 3 is 2.23 bits per heavy atom. The Morgan fingerprint density at radius 1 is 0.833 bits per heavy atom. The second kappa shape index (κ2) is 9.63. The SMILES string of the molecule is O=C(Nc1ccccc1N1CCOCC1)C1CCN(C(=O)Nc2ccccc2)CC1. The highest BCUT2D eigenvalue weighted by atomic mass is 16.5. The zero-order valence-electron chi connectivity index (χ0n) is 17.0. The standard InChI is InChI=1S/C23H28N4O3/c28-22(25-20-8-4-5-9-21(20)26-14-16-30-17-15-26)18-10-12-27(13-11-18)23(29)24-19-6-2-1-3-7-19/h1-9,18H,10-17H2,(H,24,29)(H,25,28). The number of likely N-dealkylation sites (tertiary alicyclic amines) is 1. The van der Waals surface area contributed by atoms with Crippen LogP contribution in [0.15, 0.2) is 54.6 Å². The maximum atomic E-state index is 12.9. The minimum Gasteiger partial charge on any atom is -0.378 e. The van der Waals surface area contributed by atoms with Gasteiger partial charge in [-0.1, -0.05) is 30.3 Å². The van der Waals surface area contributed by atoms with Crippen LogP contribution in [0.3, 0.4) is 0 Å². The van der Waals surface area contributed by atoms with Crippen molar-refractivity contribution < 1.29 is 14.3 Å². The van der Waals surface area contributed by atoms with Gasteiger partial charge in [-0.15, -0.1) is 0 Å². The van der Waals surface area contributed by atoms with Crippen LogP contribution < -0.4 is 15.5 Å². The molecular weight excluding hydrogens is 380 g/mol. The third-order valence-electron chi connectivity index (χ3n) is 5.69. The van der Waals surface area contributed by atoms with Gasteiger partial charge in [0, 0.05) is 37.8 Å². The Labute approximate surface area is 177 Å². The van der Waals surface area contributed by atoms with E-state index >= 15 is 0 Å². The summed E-state index contributed by atoms with van der Waals surface area (Å²) in [5.74, 6) is -0.0673. The summed E-state index contributed by atoms with van der Waals surface area (Å²) in [4.78, 5) is 29.4. The Morgan fingerprint density at radius 2 is 1.50 bits per heavy atom. The number of piperidine rings is 1. The number of morpholine rings is 1. The van der Waals surface area contributed by atoms with Crippen molar-refractivity contribution in [1.29, 1.82) is 0 Å². The predicted octanol–water partition coefficient (Wildman–Crippen LogP) is 3.41. The summed E-state index contributed by atoms with van der Waals surface area (Å²) in [6.07, 6.45) is 1.32. The molecule has 2 fully saturated rings. The van der Waals surface area contributed by atoms with Gasteiger partial charge < -0.3 is 25.2 Å². The monoisotopic (exact) mass is 408 g/mol. The van der Waals surface area contributed by atoms with Gasteiger partial charge in [0.25, 0.3) is 0 Å². The van der Waals surface area contributed by atoms with Gasteiger partial charge in [-0.25, -0.2) is 4.79 Å². The van der Waals surface area contributed by atoms with Crippen LogP contribution in [0.25, 0.3) is 0 Å². The molecule has 2 N–H and O–H groups in total. The third-order valence-corrected chi connectivity index (χ3v) is 5.69. The van der Waals surface area contributed by atoms with Gasteiger partial charge in [-0.3, -0.25) is 4.79 Å². The average molecular weight is 409 g/mol. The van der Waals surface area contributed by atoms with E-state index in [9.17, 15) is 9.59 Å². The molecule has 0 unspecified atom stereocenters. The fraction of sp³-hybridized carbons (Fsp3) is 0.391. The largest absolute Gasteiger partial charge is 0.378 e. The molecule has 2 heterocycles. The summed E-state index contributed by atoms with van der Waals surface area (Å²) in [6, 6.07) is 17.2. The van der Waals surface area contributed by atoms with Crippen LogP contribution in [0.5, 0.6) is 0 Å². The lowest BCUT2D eigenvalue weighted by Gasteiger charge is -2.33. The number of carbonyl (C=O) groups excluding carboxylic acids is 2. The molecule has 2 aliphatic rings. The summed E-state index contributed by atoms with van der Waals surface area (Å²) in [5.41, 5.74) is 2.66. The molecule has 7 nitrogen and oxygen atoms in total. The number of nitrogens with zero attached hydrogens (tertiary/aromatic N) is 2. The van der Waals surface area contributed by atoms with Gasteiger partial charge in [0.2, 0.25) is 5.91 Å². The molecular formula is C23H28N4O3. The summed E-state index contributed by atoms with van der Waals surface area (Å²) in [7, 11) is 0. The molecule has 0 aromatic heterocycles. The fourth-order valence-corrected chi connectivity index (χ4v) is 3.96. The number of nitrogens with one attached hydrogen (secondary N) is 2. The van der Waals surface area contributed by atoms with E-state index in [4.69, 9.17) is 4.74 Å². The van der Waals surface area contributed by atoms with E-state index in [2.05, 4.69) is 15.5 Å². The van der Waals surface area contributed by atoms with Crippen molar-refractivity contribution in [2.24, 2.45) is 5.92 Å². The number of benzene rings is 2. The predicted molar refractivity (Wildman–Crippen MR) is 118 cm³/mol. The molecule has 0 spiro atoms. The molecule has 158 valence electrons. The van der Waals surface area contributed by atoms with Crippen molar-refractivity contribution in [1.82, 2.24) is 4.90 Å². The van der Waals surface area contributed by atoms with Gasteiger partial charge in [0.05, 0.1) is 24.6 Å². The molecule has 3 amide bonds. The van der Waals surface area contributed by atoms with Crippen LogP contribution in [-0.2, 0) is 9.53 Å². The number of hydrogen-bond acceptors (Lipinski definition) is 4. The Hall–Kier alpha value is -3.06. The van der Waals surface area contributed by atoms with Crippen LogP contribution in [0.4, 0.5) is 21.9 Å². The maximum Gasteiger partial charge on any atom is 0.321 e. The Balaban J connectivity index is 1.31. The first-order valence-electron chi connectivity index (χ1n) is 10.5. The topological polar surface area (TPSA) is 73.9 Å². The van der Waals surface area contributed by atoms with Crippen molar-refractivity contribution in [3.8, 4) is 0 Å². The highest BCUT2D eigenvalue weighted by Gasteiger charge is 2.28. The average Bonchev–Trinajstić information content (AvgIpc) is 2.81. The lowest BCUT2D eigenvalue weighted by Crippen LogP contribution is -2.43. The van der Waals surface area contributed by atoms with Crippen LogP contribution in [-0.4, -0.2) is 56.2 Å². The van der Waals surface area contributed by atoms with Crippen molar-refractivity contribution in [3.05, 3.63) is 54.6 Å². The molecule has 0 aliphatic carbocycles. The van der Waals surface area contributed by atoms with E-state index in [1.54, 1.807) is 4.90 Å². The molecule has 2 saturated heterocycles. The van der Waals surface area contributed by atoms with Crippen molar-refractivity contribution in [2.75, 3.05) is 54.9 Å². The Kier molecular flexibility index (Phi) is 6.49. The molecule has 4 rings (SSSR count). The molecule has 0 saturated carbocycles. The van der Waals surface area contributed by atoms with Crippen molar-refractivity contribution in [2.45, 2.75) is 12.8 Å². The highest BCUT2D eigenvalue weighted by Crippen LogP contribution is 2.28. The van der Waals surface area contributed by atoms with E-state index in [0.717, 1.165) is 30.2 Å². The van der Waals surface area contributed by atoms with Crippen LogP contribution in [0.2, 0.25) is 0 Å². The van der Waals surface area contributed by atoms with E-state index in [-0.39, 0.29) is 17.9 Å². The lowest BCUT2D eigenvalue weighted by atomic mass is 9.96. The molecule has 2 aromatic carbocycles. The number of carbonyl (C=O) groups is 2. The van der Waals surface area contributed by atoms with E-state index in [1.165, 1.54) is 0 Å². The zero-order chi connectivity index (χ0) is 20.8. The van der Waals surface area contributed by atoms with Gasteiger partial charge in [0.15, 0.2) is 0 Å². The van der Waals surface area contributed by atoms with Crippen LogP contribution >= 0.6 is 0 Å². The second-order valence-corrected chi connectivity index (χ2v) is 7.66. The second-order valence-electron chi connectivity index (χ2n) is 7.66. The first-order chi connectivity index (χ1) is 14.7. The minimum atomic E-state index is -0.113. The van der Waals surface area contributed by atoms with Crippen molar-refractivity contribution >= 4 is 29.0 Å². The van der Waals surface area contributed by atoms with Crippen LogP contribution in [0, 0.1) is 5.92 Å². The number of amides is 3. The molecule has 7 heteroatoms. The fourth-order valence-electron chi connectivity index (χ4n) is 3.96. The molecule has 2 aliphatic heterocycles. The Bertz CT molecular complexity index is 860. The smallest absolute Gasteiger partial charge is 0.321 e. The van der Waals surface area contributed by atoms with Gasteiger partial charge >= 0.3 is 6.03 Å². The number of para-hydroxylation sites is 3. The summed E-state index contributed by atoms with van der Waals surface area (Å²) in [5, 5.41) is 6.03. The first kappa shape index (κ1) is 20.2. The number of hydrogen-bond donors (Lipinski definition) is 2.